The van der Waals surface area contributed by atoms with Gasteiger partial charge in [-0.15, -0.1) is 0 Å². The Morgan fingerprint density at radius 3 is 1.81 bits per heavy atom. The van der Waals surface area contributed by atoms with Crippen LogP contribution in [0.2, 0.25) is 0 Å². The molecule has 0 aromatic rings. The van der Waals surface area contributed by atoms with Crippen LogP contribution in [0, 0.1) is 5.92 Å². The van der Waals surface area contributed by atoms with Crippen molar-refractivity contribution in [1.82, 2.24) is 9.80 Å². The van der Waals surface area contributed by atoms with Gasteiger partial charge in [-0.25, -0.2) is 4.79 Å². The molecule has 0 spiro atoms. The number of hydrogen-bond donors (Lipinski definition) is 1. The largest absolute Gasteiger partial charge is 0.479 e. The van der Waals surface area contributed by atoms with Crippen LogP contribution in [0.4, 0.5) is 0 Å². The van der Waals surface area contributed by atoms with Crippen LogP contribution in [-0.2, 0) is 19.1 Å². The molecule has 7 nitrogen and oxygen atoms in total. The van der Waals surface area contributed by atoms with Crippen molar-refractivity contribution in [2.45, 2.75) is 37.9 Å². The third-order valence-corrected chi connectivity index (χ3v) is 4.40. The molecule has 0 bridgehead atoms. The Bertz CT molecular complexity index is 454. The van der Waals surface area contributed by atoms with Crippen molar-refractivity contribution in [2.24, 2.45) is 5.92 Å². The van der Waals surface area contributed by atoms with Gasteiger partial charge < -0.3 is 19.6 Å². The molecule has 0 unspecified atom stereocenters. The van der Waals surface area contributed by atoms with Crippen molar-refractivity contribution in [3.63, 3.8) is 0 Å². The van der Waals surface area contributed by atoms with Gasteiger partial charge >= 0.3 is 5.97 Å². The highest BCUT2D eigenvalue weighted by atomic mass is 16.5. The van der Waals surface area contributed by atoms with Crippen LogP contribution in [0.25, 0.3) is 0 Å². The minimum absolute atomic E-state index is 0.141. The second kappa shape index (κ2) is 5.63. The Morgan fingerprint density at radius 2 is 1.33 bits per heavy atom. The van der Waals surface area contributed by atoms with Crippen LogP contribution in [0.15, 0.2) is 0 Å². The van der Waals surface area contributed by atoms with E-state index in [2.05, 4.69) is 0 Å². The third kappa shape index (κ3) is 3.02. The first-order valence-corrected chi connectivity index (χ1v) is 7.52. The Kier molecular flexibility index (Phi) is 3.84. The van der Waals surface area contributed by atoms with E-state index in [1.807, 2.05) is 4.90 Å². The minimum Gasteiger partial charge on any atom is -0.479 e. The lowest BCUT2D eigenvalue weighted by Crippen LogP contribution is -2.53. The second-order valence-corrected chi connectivity index (χ2v) is 5.95. The fourth-order valence-corrected chi connectivity index (χ4v) is 2.94. The normalized spacial score (nSPS) is 29.5. The van der Waals surface area contributed by atoms with Crippen molar-refractivity contribution in [3.8, 4) is 0 Å². The molecular weight excluding hydrogens is 276 g/mol. The van der Waals surface area contributed by atoms with E-state index in [0.717, 1.165) is 12.8 Å². The SMILES string of the molecule is O=C(O)[C@H]1CC[C@@H](C(=O)N2CCN(C(=O)C3CC3)CC2)O1. The summed E-state index contributed by atoms with van der Waals surface area (Å²) in [5, 5.41) is 8.88. The van der Waals surface area contributed by atoms with E-state index >= 15 is 0 Å². The first-order valence-electron chi connectivity index (χ1n) is 7.52. The summed E-state index contributed by atoms with van der Waals surface area (Å²) in [6.45, 7) is 2.15. The quantitative estimate of drug-likeness (QED) is 0.772. The molecule has 0 aromatic carbocycles. The highest BCUT2D eigenvalue weighted by molar-refractivity contribution is 5.84. The molecule has 21 heavy (non-hydrogen) atoms. The number of carboxylic acids is 1. The number of nitrogens with zero attached hydrogens (tertiary/aromatic N) is 2. The fourth-order valence-electron chi connectivity index (χ4n) is 2.94. The average Bonchev–Trinajstić information content (AvgIpc) is 3.22. The zero-order chi connectivity index (χ0) is 15.0. The van der Waals surface area contributed by atoms with Gasteiger partial charge in [0.1, 0.15) is 6.10 Å². The summed E-state index contributed by atoms with van der Waals surface area (Å²) in [4.78, 5) is 38.6. The summed E-state index contributed by atoms with van der Waals surface area (Å²) in [6, 6.07) is 0. The zero-order valence-corrected chi connectivity index (χ0v) is 11.9. The van der Waals surface area contributed by atoms with E-state index in [1.165, 1.54) is 0 Å². The van der Waals surface area contributed by atoms with Crippen LogP contribution in [-0.4, -0.2) is 71.1 Å². The first kappa shape index (κ1) is 14.3. The number of aliphatic carboxylic acids is 1. The smallest absolute Gasteiger partial charge is 0.332 e. The van der Waals surface area contributed by atoms with Crippen LogP contribution in [0.3, 0.4) is 0 Å². The molecule has 2 aliphatic heterocycles. The predicted octanol–water partition coefficient (Wildman–Crippen LogP) is -0.301. The Balaban J connectivity index is 1.49. The van der Waals surface area contributed by atoms with E-state index in [-0.39, 0.29) is 17.7 Å². The molecule has 2 heterocycles. The monoisotopic (exact) mass is 296 g/mol. The maximum Gasteiger partial charge on any atom is 0.332 e. The van der Waals surface area contributed by atoms with Crippen LogP contribution in [0.1, 0.15) is 25.7 Å². The maximum atomic E-state index is 12.3. The van der Waals surface area contributed by atoms with Crippen molar-refractivity contribution < 1.29 is 24.2 Å². The molecule has 2 amide bonds. The molecular formula is C14H20N2O5. The van der Waals surface area contributed by atoms with Gasteiger partial charge in [-0.3, -0.25) is 9.59 Å². The number of carbonyl (C=O) groups excluding carboxylic acids is 2. The molecule has 1 aliphatic carbocycles. The van der Waals surface area contributed by atoms with Gasteiger partial charge in [0, 0.05) is 32.1 Å². The van der Waals surface area contributed by atoms with Crippen LogP contribution < -0.4 is 0 Å². The topological polar surface area (TPSA) is 87.2 Å². The van der Waals surface area contributed by atoms with Crippen molar-refractivity contribution in [2.75, 3.05) is 26.2 Å². The van der Waals surface area contributed by atoms with E-state index < -0.39 is 18.2 Å². The van der Waals surface area contributed by atoms with Crippen LogP contribution >= 0.6 is 0 Å². The predicted molar refractivity (Wildman–Crippen MR) is 71.4 cm³/mol. The van der Waals surface area contributed by atoms with Crippen LogP contribution in [0.5, 0.6) is 0 Å². The molecule has 0 radical (unpaired) electrons. The summed E-state index contributed by atoms with van der Waals surface area (Å²) < 4.78 is 5.29. The number of carboxylic acid groups (broad SMARTS) is 1. The summed E-state index contributed by atoms with van der Waals surface area (Å²) in [7, 11) is 0. The molecule has 2 atom stereocenters. The van der Waals surface area contributed by atoms with E-state index in [1.54, 1.807) is 4.90 Å². The molecule has 0 aromatic heterocycles. The summed E-state index contributed by atoms with van der Waals surface area (Å²) in [5.41, 5.74) is 0. The number of ether oxygens (including phenoxy) is 1. The van der Waals surface area contributed by atoms with Gasteiger partial charge in [-0.05, 0) is 25.7 Å². The molecule has 3 rings (SSSR count). The summed E-state index contributed by atoms with van der Waals surface area (Å²) >= 11 is 0. The van der Waals surface area contributed by atoms with E-state index in [9.17, 15) is 14.4 Å². The Hall–Kier alpha value is -1.63. The molecule has 1 N–H and O–H groups in total. The number of piperazine rings is 1. The lowest BCUT2D eigenvalue weighted by molar-refractivity contribution is -0.156. The zero-order valence-electron chi connectivity index (χ0n) is 11.9. The van der Waals surface area contributed by atoms with E-state index in [0.29, 0.717) is 39.0 Å². The third-order valence-electron chi connectivity index (χ3n) is 4.40. The van der Waals surface area contributed by atoms with Gasteiger partial charge in [-0.2, -0.15) is 0 Å². The van der Waals surface area contributed by atoms with Gasteiger partial charge in [0.25, 0.3) is 5.91 Å². The Labute approximate surface area is 122 Å². The Morgan fingerprint density at radius 1 is 0.810 bits per heavy atom. The highest BCUT2D eigenvalue weighted by Gasteiger charge is 2.39. The maximum absolute atomic E-state index is 12.3. The molecule has 3 aliphatic rings. The highest BCUT2D eigenvalue weighted by Crippen LogP contribution is 2.31. The standard InChI is InChI=1S/C14H20N2O5/c17-12(9-1-2-9)15-5-7-16(8-6-15)13(18)10-3-4-11(21-10)14(19)20/h9-11H,1-8H2,(H,19,20)/t10-,11+/m0/s1. The molecule has 1 saturated carbocycles. The van der Waals surface area contributed by atoms with Gasteiger partial charge in [-0.1, -0.05) is 0 Å². The molecule has 7 heteroatoms. The fraction of sp³-hybridized carbons (Fsp3) is 0.786. The minimum atomic E-state index is -1.01. The van der Waals surface area contributed by atoms with E-state index in [4.69, 9.17) is 9.84 Å². The van der Waals surface area contributed by atoms with Crippen molar-refractivity contribution >= 4 is 17.8 Å². The number of carbonyl (C=O) groups is 3. The number of rotatable bonds is 3. The van der Waals surface area contributed by atoms with Crippen molar-refractivity contribution in [1.29, 1.82) is 0 Å². The van der Waals surface area contributed by atoms with Gasteiger partial charge in [0.2, 0.25) is 5.91 Å². The lowest BCUT2D eigenvalue weighted by Gasteiger charge is -2.35. The van der Waals surface area contributed by atoms with Gasteiger partial charge in [0.15, 0.2) is 6.10 Å². The number of hydrogen-bond acceptors (Lipinski definition) is 4. The summed E-state index contributed by atoms with van der Waals surface area (Å²) in [5.74, 6) is -0.727. The van der Waals surface area contributed by atoms with Gasteiger partial charge in [0.05, 0.1) is 0 Å². The molecule has 3 fully saturated rings. The lowest BCUT2D eigenvalue weighted by atomic mass is 10.1. The first-order chi connectivity index (χ1) is 10.1. The number of amides is 2. The van der Waals surface area contributed by atoms with Crippen molar-refractivity contribution in [3.05, 3.63) is 0 Å². The molecule has 116 valence electrons. The summed E-state index contributed by atoms with van der Waals surface area (Å²) in [6.07, 6.45) is 1.31. The second-order valence-electron chi connectivity index (χ2n) is 5.95. The average molecular weight is 296 g/mol. The molecule has 2 saturated heterocycles.